The third kappa shape index (κ3) is 5.32. The van der Waals surface area contributed by atoms with Crippen molar-refractivity contribution >= 4 is 17.4 Å². The van der Waals surface area contributed by atoms with Gasteiger partial charge in [0.05, 0.1) is 6.54 Å². The molecule has 0 heterocycles. The van der Waals surface area contributed by atoms with Gasteiger partial charge in [0.2, 0.25) is 5.91 Å². The second kappa shape index (κ2) is 8.41. The molecule has 1 amide bonds. The van der Waals surface area contributed by atoms with Crippen LogP contribution in [0.3, 0.4) is 0 Å². The van der Waals surface area contributed by atoms with Crippen LogP contribution in [-0.2, 0) is 17.8 Å². The Balaban J connectivity index is 1.89. The smallest absolute Gasteiger partial charge is 0.238 e. The number of benzene rings is 2. The maximum absolute atomic E-state index is 12.2. The number of hydrogen-bond acceptors (Lipinski definition) is 3. The molecule has 0 atom stereocenters. The van der Waals surface area contributed by atoms with E-state index in [0.717, 1.165) is 6.42 Å². The van der Waals surface area contributed by atoms with Crippen LogP contribution in [0.4, 0.5) is 5.69 Å². The van der Waals surface area contributed by atoms with Gasteiger partial charge in [-0.05, 0) is 43.7 Å². The Kier molecular flexibility index (Phi) is 6.27. The van der Waals surface area contributed by atoms with Crippen LogP contribution < -0.4 is 5.32 Å². The summed E-state index contributed by atoms with van der Waals surface area (Å²) in [5.74, 6) is -0.109. The van der Waals surface area contributed by atoms with E-state index in [2.05, 4.69) is 36.5 Å². The zero-order chi connectivity index (χ0) is 17.5. The molecule has 0 aliphatic carbocycles. The van der Waals surface area contributed by atoms with Crippen LogP contribution in [0.1, 0.15) is 35.3 Å². The van der Waals surface area contributed by atoms with Gasteiger partial charge in [-0.1, -0.05) is 43.3 Å². The van der Waals surface area contributed by atoms with Crippen molar-refractivity contribution in [2.24, 2.45) is 0 Å². The second-order valence-corrected chi connectivity index (χ2v) is 6.03. The van der Waals surface area contributed by atoms with Crippen LogP contribution in [0.15, 0.2) is 48.5 Å². The minimum Gasteiger partial charge on any atom is -0.325 e. The van der Waals surface area contributed by atoms with Crippen LogP contribution >= 0.6 is 0 Å². The van der Waals surface area contributed by atoms with Crippen LogP contribution in [0.25, 0.3) is 0 Å². The van der Waals surface area contributed by atoms with E-state index in [1.165, 1.54) is 18.1 Å². The Labute approximate surface area is 143 Å². The zero-order valence-electron chi connectivity index (χ0n) is 14.5. The summed E-state index contributed by atoms with van der Waals surface area (Å²) in [6, 6.07) is 15.4. The molecule has 0 aromatic heterocycles. The minimum absolute atomic E-state index is 0.0151. The molecule has 0 radical (unpaired) electrons. The maximum Gasteiger partial charge on any atom is 0.238 e. The number of anilines is 1. The lowest BCUT2D eigenvalue weighted by Gasteiger charge is -2.16. The molecule has 0 aliphatic heterocycles. The maximum atomic E-state index is 12.2. The normalized spacial score (nSPS) is 10.7. The topological polar surface area (TPSA) is 49.4 Å². The number of amides is 1. The minimum atomic E-state index is -0.0941. The van der Waals surface area contributed by atoms with Crippen molar-refractivity contribution in [2.75, 3.05) is 18.9 Å². The summed E-state index contributed by atoms with van der Waals surface area (Å²) in [4.78, 5) is 25.5. The number of aryl methyl sites for hydroxylation is 1. The number of nitrogens with one attached hydrogen (secondary N) is 1. The molecule has 0 aliphatic rings. The predicted octanol–water partition coefficient (Wildman–Crippen LogP) is 3.52. The van der Waals surface area contributed by atoms with E-state index in [0.29, 0.717) is 24.3 Å². The van der Waals surface area contributed by atoms with Gasteiger partial charge >= 0.3 is 0 Å². The number of carbonyl (C=O) groups is 2. The summed E-state index contributed by atoms with van der Waals surface area (Å²) in [5.41, 5.74) is 3.73. The van der Waals surface area contributed by atoms with Gasteiger partial charge in [0.25, 0.3) is 0 Å². The highest BCUT2D eigenvalue weighted by molar-refractivity contribution is 5.97. The van der Waals surface area contributed by atoms with E-state index in [9.17, 15) is 9.59 Å². The van der Waals surface area contributed by atoms with Crippen molar-refractivity contribution in [3.63, 3.8) is 0 Å². The molecule has 0 spiro atoms. The van der Waals surface area contributed by atoms with Crippen LogP contribution in [-0.4, -0.2) is 30.2 Å². The van der Waals surface area contributed by atoms with Crippen molar-refractivity contribution in [3.8, 4) is 0 Å². The first-order valence-electron chi connectivity index (χ1n) is 8.15. The molecule has 24 heavy (non-hydrogen) atoms. The number of ketones is 1. The molecule has 0 bridgehead atoms. The lowest BCUT2D eigenvalue weighted by Crippen LogP contribution is -2.29. The van der Waals surface area contributed by atoms with Crippen molar-refractivity contribution < 1.29 is 9.59 Å². The molecule has 2 aromatic carbocycles. The van der Waals surface area contributed by atoms with E-state index >= 15 is 0 Å². The van der Waals surface area contributed by atoms with Crippen molar-refractivity contribution in [2.45, 2.75) is 26.8 Å². The van der Waals surface area contributed by atoms with Gasteiger partial charge in [0.15, 0.2) is 5.78 Å². The number of rotatable bonds is 7. The third-order valence-electron chi connectivity index (χ3n) is 3.85. The average molecular weight is 324 g/mol. The standard InChI is InChI=1S/C20H24N2O2/c1-4-16-8-10-17(11-9-16)13-22(3)14-20(24)21-19-7-5-6-18(12-19)15(2)23/h5-12H,4,13-14H2,1-3H3,(H,21,24). The fraction of sp³-hybridized carbons (Fsp3) is 0.300. The molecule has 4 nitrogen and oxygen atoms in total. The van der Waals surface area contributed by atoms with Gasteiger partial charge in [-0.25, -0.2) is 0 Å². The molecule has 1 N–H and O–H groups in total. The molecular weight excluding hydrogens is 300 g/mol. The van der Waals surface area contributed by atoms with E-state index in [-0.39, 0.29) is 11.7 Å². The predicted molar refractivity (Wildman–Crippen MR) is 97.2 cm³/mol. The highest BCUT2D eigenvalue weighted by Crippen LogP contribution is 2.12. The number of nitrogens with zero attached hydrogens (tertiary/aromatic N) is 1. The Morgan fingerprint density at radius 3 is 2.33 bits per heavy atom. The second-order valence-electron chi connectivity index (χ2n) is 6.03. The van der Waals surface area contributed by atoms with Gasteiger partial charge < -0.3 is 5.32 Å². The summed E-state index contributed by atoms with van der Waals surface area (Å²) in [6.07, 6.45) is 1.03. The fourth-order valence-corrected chi connectivity index (χ4v) is 2.51. The molecular formula is C20H24N2O2. The lowest BCUT2D eigenvalue weighted by molar-refractivity contribution is -0.117. The Morgan fingerprint density at radius 1 is 1.04 bits per heavy atom. The Hall–Kier alpha value is -2.46. The summed E-state index contributed by atoms with van der Waals surface area (Å²) in [5, 5.41) is 2.84. The first-order valence-corrected chi connectivity index (χ1v) is 8.15. The molecule has 2 rings (SSSR count). The molecule has 0 unspecified atom stereocenters. The van der Waals surface area contributed by atoms with Crippen LogP contribution in [0.2, 0.25) is 0 Å². The lowest BCUT2D eigenvalue weighted by atomic mass is 10.1. The monoisotopic (exact) mass is 324 g/mol. The summed E-state index contributed by atoms with van der Waals surface area (Å²) >= 11 is 0. The van der Waals surface area contributed by atoms with Crippen LogP contribution in [0.5, 0.6) is 0 Å². The Bertz CT molecular complexity index is 708. The first kappa shape index (κ1) is 17.9. The number of Topliss-reactive ketones (excluding diaryl/α,β-unsaturated/α-hetero) is 1. The molecule has 0 saturated carbocycles. The molecule has 4 heteroatoms. The highest BCUT2D eigenvalue weighted by Gasteiger charge is 2.09. The van der Waals surface area contributed by atoms with Gasteiger partial charge in [-0.15, -0.1) is 0 Å². The third-order valence-corrected chi connectivity index (χ3v) is 3.85. The summed E-state index contributed by atoms with van der Waals surface area (Å²) < 4.78 is 0. The summed E-state index contributed by atoms with van der Waals surface area (Å²) in [7, 11) is 1.92. The van der Waals surface area contributed by atoms with E-state index < -0.39 is 0 Å². The van der Waals surface area contributed by atoms with Gasteiger partial charge in [0, 0.05) is 17.8 Å². The zero-order valence-corrected chi connectivity index (χ0v) is 14.5. The van der Waals surface area contributed by atoms with Crippen molar-refractivity contribution in [1.29, 1.82) is 0 Å². The first-order chi connectivity index (χ1) is 11.5. The number of likely N-dealkylation sites (N-methyl/N-ethyl adjacent to an activating group) is 1. The van der Waals surface area contributed by atoms with E-state index in [4.69, 9.17) is 0 Å². The quantitative estimate of drug-likeness (QED) is 0.793. The van der Waals surface area contributed by atoms with Crippen molar-refractivity contribution in [1.82, 2.24) is 4.90 Å². The molecule has 0 fully saturated rings. The largest absolute Gasteiger partial charge is 0.325 e. The van der Waals surface area contributed by atoms with Gasteiger partial charge in [0.1, 0.15) is 0 Å². The molecule has 2 aromatic rings. The number of hydrogen-bond donors (Lipinski definition) is 1. The highest BCUT2D eigenvalue weighted by atomic mass is 16.2. The van der Waals surface area contributed by atoms with E-state index in [1.54, 1.807) is 24.3 Å². The fourth-order valence-electron chi connectivity index (χ4n) is 2.51. The summed E-state index contributed by atoms with van der Waals surface area (Å²) in [6.45, 7) is 4.65. The van der Waals surface area contributed by atoms with Crippen LogP contribution in [0, 0.1) is 0 Å². The van der Waals surface area contributed by atoms with E-state index in [1.807, 2.05) is 11.9 Å². The average Bonchev–Trinajstić information content (AvgIpc) is 2.55. The Morgan fingerprint density at radius 2 is 1.71 bits per heavy atom. The molecule has 0 saturated heterocycles. The number of carbonyl (C=O) groups excluding carboxylic acids is 2. The van der Waals surface area contributed by atoms with Crippen molar-refractivity contribution in [3.05, 3.63) is 65.2 Å². The van der Waals surface area contributed by atoms with Gasteiger partial charge in [-0.3, -0.25) is 14.5 Å². The van der Waals surface area contributed by atoms with Gasteiger partial charge in [-0.2, -0.15) is 0 Å². The molecule has 126 valence electrons. The SMILES string of the molecule is CCc1ccc(CN(C)CC(=O)Nc2cccc(C(C)=O)c2)cc1.